The highest BCUT2D eigenvalue weighted by Crippen LogP contribution is 2.24. The minimum absolute atomic E-state index is 0.0278. The largest absolute Gasteiger partial charge is 0.380 e. The summed E-state index contributed by atoms with van der Waals surface area (Å²) in [4.78, 5) is 11.3. The van der Waals surface area contributed by atoms with E-state index >= 15 is 0 Å². The van der Waals surface area contributed by atoms with E-state index in [4.69, 9.17) is 4.74 Å². The van der Waals surface area contributed by atoms with Crippen LogP contribution >= 0.6 is 0 Å². The molecule has 0 saturated carbocycles. The van der Waals surface area contributed by atoms with Gasteiger partial charge >= 0.3 is 0 Å². The van der Waals surface area contributed by atoms with Crippen LogP contribution in [0.25, 0.3) is 0 Å². The Bertz CT molecular complexity index is 212. The Balaban J connectivity index is 2.05. The maximum atomic E-state index is 11.3. The van der Waals surface area contributed by atoms with Gasteiger partial charge in [0.2, 0.25) is 5.91 Å². The van der Waals surface area contributed by atoms with E-state index in [9.17, 15) is 4.79 Å². The van der Waals surface area contributed by atoms with Crippen LogP contribution in [0.4, 0.5) is 0 Å². The van der Waals surface area contributed by atoms with Crippen LogP contribution in [0, 0.1) is 5.41 Å². The van der Waals surface area contributed by atoms with Crippen molar-refractivity contribution in [3.8, 4) is 0 Å². The number of nitrogens with one attached hydrogen (secondary N) is 2. The lowest BCUT2D eigenvalue weighted by Crippen LogP contribution is -2.49. The Labute approximate surface area is 84.7 Å². The fourth-order valence-corrected chi connectivity index (χ4v) is 1.21. The van der Waals surface area contributed by atoms with Gasteiger partial charge in [0, 0.05) is 18.5 Å². The smallest absolute Gasteiger partial charge is 0.233 e. The topological polar surface area (TPSA) is 50.4 Å². The third kappa shape index (κ3) is 3.47. The minimum Gasteiger partial charge on any atom is -0.380 e. The third-order valence-corrected chi connectivity index (χ3v) is 2.19. The molecule has 0 aromatic carbocycles. The molecule has 0 radical (unpaired) electrons. The van der Waals surface area contributed by atoms with Crippen molar-refractivity contribution < 1.29 is 9.53 Å². The summed E-state index contributed by atoms with van der Waals surface area (Å²) in [7, 11) is 0. The Morgan fingerprint density at radius 3 is 2.86 bits per heavy atom. The van der Waals surface area contributed by atoms with Gasteiger partial charge in [-0.15, -0.1) is 6.58 Å². The number of hydrogen-bond acceptors (Lipinski definition) is 3. The molecule has 1 heterocycles. The molecule has 14 heavy (non-hydrogen) atoms. The molecule has 1 fully saturated rings. The highest BCUT2D eigenvalue weighted by atomic mass is 16.5. The predicted molar refractivity (Wildman–Crippen MR) is 55.0 cm³/mol. The average molecular weight is 198 g/mol. The molecular weight excluding hydrogens is 180 g/mol. The lowest BCUT2D eigenvalue weighted by molar-refractivity contribution is -0.126. The molecule has 1 amide bonds. The molecule has 1 saturated heterocycles. The molecule has 0 spiro atoms. The second-order valence-corrected chi connectivity index (χ2v) is 4.00. The zero-order valence-electron chi connectivity index (χ0n) is 8.64. The van der Waals surface area contributed by atoms with Gasteiger partial charge in [0.1, 0.15) is 0 Å². The Morgan fingerprint density at radius 2 is 2.36 bits per heavy atom. The lowest BCUT2D eigenvalue weighted by Gasteiger charge is -2.38. The minimum atomic E-state index is 0.0278. The van der Waals surface area contributed by atoms with Gasteiger partial charge < -0.3 is 15.4 Å². The summed E-state index contributed by atoms with van der Waals surface area (Å²) in [5.74, 6) is 0.0278. The standard InChI is InChI=1S/C10H18N2O2/c1-3-4-11-5-9(13)12-6-10(2)7-14-8-10/h3,11H,1,4-8H2,2H3,(H,12,13). The number of rotatable bonds is 6. The summed E-state index contributed by atoms with van der Waals surface area (Å²) < 4.78 is 5.09. The van der Waals surface area contributed by atoms with Crippen molar-refractivity contribution in [1.29, 1.82) is 0 Å². The van der Waals surface area contributed by atoms with Gasteiger partial charge in [0.05, 0.1) is 19.8 Å². The molecule has 1 aliphatic rings. The maximum Gasteiger partial charge on any atom is 0.233 e. The van der Waals surface area contributed by atoms with Crippen LogP contribution < -0.4 is 10.6 Å². The zero-order chi connectivity index (χ0) is 10.4. The molecule has 2 N–H and O–H groups in total. The molecule has 0 unspecified atom stereocenters. The first-order chi connectivity index (χ1) is 6.66. The molecule has 4 heteroatoms. The van der Waals surface area contributed by atoms with Crippen LogP contribution in [0.5, 0.6) is 0 Å². The van der Waals surface area contributed by atoms with Crippen LogP contribution in [0.2, 0.25) is 0 Å². The number of hydrogen-bond donors (Lipinski definition) is 2. The SMILES string of the molecule is C=CCNCC(=O)NCC1(C)COC1. The van der Waals surface area contributed by atoms with Crippen molar-refractivity contribution in [2.45, 2.75) is 6.92 Å². The molecule has 1 rings (SSSR count). The van der Waals surface area contributed by atoms with Gasteiger partial charge in [-0.3, -0.25) is 4.79 Å². The highest BCUT2D eigenvalue weighted by Gasteiger charge is 2.33. The monoisotopic (exact) mass is 198 g/mol. The van der Waals surface area contributed by atoms with Crippen molar-refractivity contribution in [2.24, 2.45) is 5.41 Å². The lowest BCUT2D eigenvalue weighted by atomic mass is 9.89. The molecular formula is C10H18N2O2. The van der Waals surface area contributed by atoms with E-state index in [1.54, 1.807) is 6.08 Å². The highest BCUT2D eigenvalue weighted by molar-refractivity contribution is 5.78. The van der Waals surface area contributed by atoms with E-state index in [2.05, 4.69) is 24.1 Å². The summed E-state index contributed by atoms with van der Waals surface area (Å²) >= 11 is 0. The fourth-order valence-electron chi connectivity index (χ4n) is 1.21. The van der Waals surface area contributed by atoms with Gasteiger partial charge in [0.15, 0.2) is 0 Å². The van der Waals surface area contributed by atoms with Gasteiger partial charge in [-0.05, 0) is 0 Å². The number of carbonyl (C=O) groups excluding carboxylic acids is 1. The molecule has 0 aromatic heterocycles. The quantitative estimate of drug-likeness (QED) is 0.463. The molecule has 0 aromatic rings. The molecule has 4 nitrogen and oxygen atoms in total. The van der Waals surface area contributed by atoms with E-state index in [-0.39, 0.29) is 11.3 Å². The Kier molecular flexibility index (Phi) is 4.10. The Hall–Kier alpha value is -0.870. The molecule has 1 aliphatic heterocycles. The first-order valence-corrected chi connectivity index (χ1v) is 4.82. The van der Waals surface area contributed by atoms with E-state index in [1.165, 1.54) is 0 Å². The summed E-state index contributed by atoms with van der Waals surface area (Å²) in [5.41, 5.74) is 0.147. The van der Waals surface area contributed by atoms with Crippen molar-refractivity contribution in [3.63, 3.8) is 0 Å². The second-order valence-electron chi connectivity index (χ2n) is 4.00. The second kappa shape index (κ2) is 5.12. The third-order valence-electron chi connectivity index (χ3n) is 2.19. The van der Waals surface area contributed by atoms with Crippen LogP contribution in [-0.4, -0.2) is 38.8 Å². The molecule has 0 atom stereocenters. The zero-order valence-corrected chi connectivity index (χ0v) is 8.64. The van der Waals surface area contributed by atoms with Crippen molar-refractivity contribution in [2.75, 3.05) is 32.8 Å². The molecule has 0 bridgehead atoms. The average Bonchev–Trinajstić information content (AvgIpc) is 2.12. The van der Waals surface area contributed by atoms with Crippen molar-refractivity contribution in [1.82, 2.24) is 10.6 Å². The van der Waals surface area contributed by atoms with E-state index in [1.807, 2.05) is 0 Å². The first kappa shape index (κ1) is 11.2. The maximum absolute atomic E-state index is 11.3. The predicted octanol–water partition coefficient (Wildman–Crippen LogP) is -0.0853. The van der Waals surface area contributed by atoms with Crippen LogP contribution in [-0.2, 0) is 9.53 Å². The van der Waals surface area contributed by atoms with Crippen LogP contribution in [0.15, 0.2) is 12.7 Å². The molecule has 80 valence electrons. The molecule has 0 aliphatic carbocycles. The number of ether oxygens (including phenoxy) is 1. The normalized spacial score (nSPS) is 18.4. The van der Waals surface area contributed by atoms with Crippen molar-refractivity contribution >= 4 is 5.91 Å². The number of carbonyl (C=O) groups is 1. The first-order valence-electron chi connectivity index (χ1n) is 4.82. The summed E-state index contributed by atoms with van der Waals surface area (Å²) in [6, 6.07) is 0. The van der Waals surface area contributed by atoms with E-state index in [0.717, 1.165) is 13.2 Å². The van der Waals surface area contributed by atoms with Crippen LogP contribution in [0.1, 0.15) is 6.92 Å². The van der Waals surface area contributed by atoms with Gasteiger partial charge in [0.25, 0.3) is 0 Å². The van der Waals surface area contributed by atoms with Gasteiger partial charge in [-0.25, -0.2) is 0 Å². The van der Waals surface area contributed by atoms with Gasteiger partial charge in [-0.2, -0.15) is 0 Å². The fraction of sp³-hybridized carbons (Fsp3) is 0.700. The van der Waals surface area contributed by atoms with Crippen LogP contribution in [0.3, 0.4) is 0 Å². The Morgan fingerprint density at radius 1 is 1.64 bits per heavy atom. The summed E-state index contributed by atoms with van der Waals surface area (Å²) in [6.07, 6.45) is 1.73. The number of amides is 1. The summed E-state index contributed by atoms with van der Waals surface area (Å²) in [5, 5.41) is 5.81. The summed E-state index contributed by atoms with van der Waals surface area (Å²) in [6.45, 7) is 8.85. The van der Waals surface area contributed by atoms with E-state index < -0.39 is 0 Å². The van der Waals surface area contributed by atoms with Gasteiger partial charge in [-0.1, -0.05) is 13.0 Å². The van der Waals surface area contributed by atoms with E-state index in [0.29, 0.717) is 19.6 Å². The van der Waals surface area contributed by atoms with Crippen molar-refractivity contribution in [3.05, 3.63) is 12.7 Å².